The van der Waals surface area contributed by atoms with Crippen LogP contribution in [0.25, 0.3) is 0 Å². The normalized spacial score (nSPS) is 29.1. The summed E-state index contributed by atoms with van der Waals surface area (Å²) in [5.74, 6) is 0.862. The van der Waals surface area contributed by atoms with E-state index in [0.29, 0.717) is 5.56 Å². The minimum absolute atomic E-state index is 0.000707. The number of hydrogen-bond acceptors (Lipinski definition) is 4. The Morgan fingerprint density at radius 2 is 1.90 bits per heavy atom. The molecule has 1 aliphatic heterocycles. The molecule has 0 radical (unpaired) electrons. The number of piperidine rings is 1. The van der Waals surface area contributed by atoms with Crippen LogP contribution in [0.1, 0.15) is 41.6 Å². The predicted molar refractivity (Wildman–Crippen MR) is 118 cm³/mol. The molecule has 2 aliphatic rings. The van der Waals surface area contributed by atoms with Crippen LogP contribution >= 0.6 is 0 Å². The van der Waals surface area contributed by atoms with Crippen molar-refractivity contribution in [3.05, 3.63) is 65.7 Å². The van der Waals surface area contributed by atoms with Crippen LogP contribution < -0.4 is 10.1 Å². The lowest BCUT2D eigenvalue weighted by atomic mass is 9.55. The third-order valence-electron chi connectivity index (χ3n) is 7.19. The molecule has 0 bridgehead atoms. The Hall–Kier alpha value is -2.37. The number of ether oxygens (including phenoxy) is 2. The number of carbonyl (C=O) groups excluding carboxylic acids is 1. The van der Waals surface area contributed by atoms with Gasteiger partial charge in [0, 0.05) is 30.7 Å². The van der Waals surface area contributed by atoms with Gasteiger partial charge in [-0.25, -0.2) is 0 Å². The number of methoxy groups -OCH3 is 2. The molecular weight excluding hydrogens is 376 g/mol. The smallest absolute Gasteiger partial charge is 0.251 e. The molecule has 3 atom stereocenters. The summed E-state index contributed by atoms with van der Waals surface area (Å²) in [7, 11) is 5.72. The fourth-order valence-corrected chi connectivity index (χ4v) is 5.60. The molecule has 2 unspecified atom stereocenters. The third kappa shape index (κ3) is 3.61. The van der Waals surface area contributed by atoms with Crippen LogP contribution in [0.4, 0.5) is 0 Å². The number of likely N-dealkylation sites (tertiary alicyclic amines) is 1. The van der Waals surface area contributed by atoms with Crippen molar-refractivity contribution < 1.29 is 14.3 Å². The Labute approximate surface area is 179 Å². The van der Waals surface area contributed by atoms with E-state index in [2.05, 4.69) is 35.5 Å². The lowest BCUT2D eigenvalue weighted by molar-refractivity contribution is -0.144. The van der Waals surface area contributed by atoms with Gasteiger partial charge in [-0.1, -0.05) is 30.3 Å². The van der Waals surface area contributed by atoms with Crippen molar-refractivity contribution in [1.29, 1.82) is 0 Å². The summed E-state index contributed by atoms with van der Waals surface area (Å²) in [4.78, 5) is 15.2. The summed E-state index contributed by atoms with van der Waals surface area (Å²) >= 11 is 0. The van der Waals surface area contributed by atoms with Crippen molar-refractivity contribution in [2.45, 2.75) is 42.7 Å². The Morgan fingerprint density at radius 1 is 1.10 bits per heavy atom. The molecule has 0 aromatic heterocycles. The molecule has 1 aliphatic carbocycles. The highest BCUT2D eigenvalue weighted by atomic mass is 16.5. The van der Waals surface area contributed by atoms with Crippen molar-refractivity contribution in [3.63, 3.8) is 0 Å². The third-order valence-corrected chi connectivity index (χ3v) is 7.19. The zero-order chi connectivity index (χ0) is 21.2. The number of carbonyl (C=O) groups is 1. The van der Waals surface area contributed by atoms with Gasteiger partial charge >= 0.3 is 0 Å². The maximum Gasteiger partial charge on any atom is 0.251 e. The van der Waals surface area contributed by atoms with E-state index in [9.17, 15) is 4.79 Å². The van der Waals surface area contributed by atoms with Crippen LogP contribution in [0.15, 0.2) is 54.6 Å². The van der Waals surface area contributed by atoms with E-state index in [-0.39, 0.29) is 23.0 Å². The Bertz CT molecular complexity index is 887. The fraction of sp³-hybridized carbons (Fsp3) is 0.480. The number of amides is 1. The molecule has 30 heavy (non-hydrogen) atoms. The SMILES string of the molecule is COc1cccc(C23CCN(C)CC2(OC)CC[C@@H](NC(=O)c2ccccc2)C3)c1. The summed E-state index contributed by atoms with van der Waals surface area (Å²) in [5, 5.41) is 3.30. The van der Waals surface area contributed by atoms with Gasteiger partial charge in [-0.15, -0.1) is 0 Å². The lowest BCUT2D eigenvalue weighted by Gasteiger charge is -2.59. The summed E-state index contributed by atoms with van der Waals surface area (Å²) in [6.07, 6.45) is 3.67. The lowest BCUT2D eigenvalue weighted by Crippen LogP contribution is -2.67. The molecule has 1 saturated carbocycles. The second-order valence-corrected chi connectivity index (χ2v) is 8.78. The number of nitrogens with one attached hydrogen (secondary N) is 1. The molecule has 1 amide bonds. The molecule has 2 aromatic rings. The minimum atomic E-state index is -0.277. The van der Waals surface area contributed by atoms with Gasteiger partial charge in [0.25, 0.3) is 5.91 Å². The van der Waals surface area contributed by atoms with Crippen LogP contribution in [0.2, 0.25) is 0 Å². The van der Waals surface area contributed by atoms with Gasteiger partial charge in [-0.2, -0.15) is 0 Å². The molecule has 4 rings (SSSR count). The number of benzene rings is 2. The summed E-state index contributed by atoms with van der Waals surface area (Å²) in [6.45, 7) is 1.89. The minimum Gasteiger partial charge on any atom is -0.497 e. The molecular formula is C25H32N2O3. The Morgan fingerprint density at radius 3 is 2.63 bits per heavy atom. The van der Waals surface area contributed by atoms with Gasteiger partial charge in [0.05, 0.1) is 12.7 Å². The molecule has 5 nitrogen and oxygen atoms in total. The standard InChI is InChI=1S/C25H32N2O3/c1-27-15-14-24(20-10-7-11-22(16-20)29-2)17-21(12-13-25(24,18-27)30-3)26-23(28)19-8-5-4-6-9-19/h4-11,16,21H,12-15,17-18H2,1-3H3,(H,26,28)/t21-,24?,25?/m1/s1. The second-order valence-electron chi connectivity index (χ2n) is 8.78. The van der Waals surface area contributed by atoms with Crippen LogP contribution in [-0.4, -0.2) is 56.8 Å². The molecule has 5 heteroatoms. The van der Waals surface area contributed by atoms with E-state index in [0.717, 1.165) is 44.5 Å². The molecule has 0 spiro atoms. The molecule has 1 saturated heterocycles. The van der Waals surface area contributed by atoms with E-state index in [1.807, 2.05) is 43.5 Å². The highest BCUT2D eigenvalue weighted by molar-refractivity contribution is 5.94. The van der Waals surface area contributed by atoms with Crippen molar-refractivity contribution in [2.24, 2.45) is 0 Å². The van der Waals surface area contributed by atoms with Gasteiger partial charge in [-0.3, -0.25) is 4.79 Å². The Balaban J connectivity index is 1.68. The first-order valence-corrected chi connectivity index (χ1v) is 10.8. The number of likely N-dealkylation sites (N-methyl/N-ethyl adjacent to an activating group) is 1. The Kier molecular flexibility index (Phi) is 5.85. The topological polar surface area (TPSA) is 50.8 Å². The van der Waals surface area contributed by atoms with Gasteiger partial charge < -0.3 is 19.7 Å². The van der Waals surface area contributed by atoms with Gasteiger partial charge in [-0.05, 0) is 69.1 Å². The maximum absolute atomic E-state index is 12.8. The molecule has 2 aromatic carbocycles. The first-order valence-electron chi connectivity index (χ1n) is 10.8. The molecule has 1 N–H and O–H groups in total. The highest BCUT2D eigenvalue weighted by Gasteiger charge is 2.58. The van der Waals surface area contributed by atoms with E-state index >= 15 is 0 Å². The largest absolute Gasteiger partial charge is 0.497 e. The zero-order valence-corrected chi connectivity index (χ0v) is 18.2. The van der Waals surface area contributed by atoms with Crippen LogP contribution in [0.3, 0.4) is 0 Å². The zero-order valence-electron chi connectivity index (χ0n) is 18.2. The summed E-state index contributed by atoms with van der Waals surface area (Å²) in [6, 6.07) is 18.0. The first-order chi connectivity index (χ1) is 14.5. The van der Waals surface area contributed by atoms with E-state index in [1.165, 1.54) is 5.56 Å². The van der Waals surface area contributed by atoms with Crippen LogP contribution in [0.5, 0.6) is 5.75 Å². The van der Waals surface area contributed by atoms with E-state index in [1.54, 1.807) is 7.11 Å². The van der Waals surface area contributed by atoms with Crippen LogP contribution in [-0.2, 0) is 10.2 Å². The molecule has 2 fully saturated rings. The predicted octanol–water partition coefficient (Wildman–Crippen LogP) is 3.64. The fourth-order valence-electron chi connectivity index (χ4n) is 5.60. The van der Waals surface area contributed by atoms with Crippen molar-refractivity contribution in [1.82, 2.24) is 10.2 Å². The van der Waals surface area contributed by atoms with Gasteiger partial charge in [0.2, 0.25) is 0 Å². The number of fused-ring (bicyclic) bond motifs is 1. The van der Waals surface area contributed by atoms with E-state index < -0.39 is 0 Å². The number of rotatable bonds is 5. The molecule has 160 valence electrons. The summed E-state index contributed by atoms with van der Waals surface area (Å²) in [5.41, 5.74) is 1.51. The van der Waals surface area contributed by atoms with Crippen LogP contribution in [0, 0.1) is 0 Å². The summed E-state index contributed by atoms with van der Waals surface area (Å²) < 4.78 is 11.9. The average Bonchev–Trinajstić information content (AvgIpc) is 2.79. The average molecular weight is 409 g/mol. The van der Waals surface area contributed by atoms with Crippen molar-refractivity contribution >= 4 is 5.91 Å². The van der Waals surface area contributed by atoms with Crippen molar-refractivity contribution in [3.8, 4) is 5.75 Å². The highest BCUT2D eigenvalue weighted by Crippen LogP contribution is 2.53. The van der Waals surface area contributed by atoms with Gasteiger partial charge in [0.15, 0.2) is 0 Å². The van der Waals surface area contributed by atoms with E-state index in [4.69, 9.17) is 9.47 Å². The monoisotopic (exact) mass is 408 g/mol. The van der Waals surface area contributed by atoms with Crippen molar-refractivity contribution in [2.75, 3.05) is 34.4 Å². The first kappa shape index (κ1) is 20.9. The maximum atomic E-state index is 12.8. The number of nitrogens with zero attached hydrogens (tertiary/aromatic N) is 1. The van der Waals surface area contributed by atoms with Gasteiger partial charge in [0.1, 0.15) is 5.75 Å². The number of hydrogen-bond donors (Lipinski definition) is 1. The quantitative estimate of drug-likeness (QED) is 0.821. The molecule has 1 heterocycles. The second kappa shape index (κ2) is 8.40.